The third-order valence-corrected chi connectivity index (χ3v) is 4.48. The SMILES string of the molecule is Cc1ccc(N2CCC(CNC(=O)Cc3ccccc3)C2)cc1. The largest absolute Gasteiger partial charge is 0.371 e. The summed E-state index contributed by atoms with van der Waals surface area (Å²) in [5.74, 6) is 0.654. The number of hydrogen-bond donors (Lipinski definition) is 1. The average Bonchev–Trinajstić information content (AvgIpc) is 3.04. The molecule has 0 radical (unpaired) electrons. The fourth-order valence-electron chi connectivity index (χ4n) is 3.09. The summed E-state index contributed by atoms with van der Waals surface area (Å²) < 4.78 is 0. The third-order valence-electron chi connectivity index (χ3n) is 4.48. The molecule has 2 aromatic rings. The van der Waals surface area contributed by atoms with E-state index < -0.39 is 0 Å². The van der Waals surface area contributed by atoms with Crippen LogP contribution in [0.4, 0.5) is 5.69 Å². The molecule has 1 N–H and O–H groups in total. The van der Waals surface area contributed by atoms with Gasteiger partial charge in [0.05, 0.1) is 6.42 Å². The molecule has 1 heterocycles. The first-order valence-corrected chi connectivity index (χ1v) is 8.33. The van der Waals surface area contributed by atoms with Crippen molar-refractivity contribution in [2.45, 2.75) is 19.8 Å². The highest BCUT2D eigenvalue weighted by molar-refractivity contribution is 5.78. The lowest BCUT2D eigenvalue weighted by Crippen LogP contribution is -2.32. The molecule has 1 aliphatic heterocycles. The van der Waals surface area contributed by atoms with Gasteiger partial charge in [-0.1, -0.05) is 48.0 Å². The zero-order chi connectivity index (χ0) is 16.1. The summed E-state index contributed by atoms with van der Waals surface area (Å²) in [4.78, 5) is 14.4. The van der Waals surface area contributed by atoms with Crippen LogP contribution in [-0.2, 0) is 11.2 Å². The summed E-state index contributed by atoms with van der Waals surface area (Å²) in [6.07, 6.45) is 1.61. The average molecular weight is 308 g/mol. The fourth-order valence-corrected chi connectivity index (χ4v) is 3.09. The van der Waals surface area contributed by atoms with E-state index in [0.29, 0.717) is 12.3 Å². The third kappa shape index (κ3) is 4.35. The van der Waals surface area contributed by atoms with Crippen molar-refractivity contribution < 1.29 is 4.79 Å². The highest BCUT2D eigenvalue weighted by atomic mass is 16.1. The van der Waals surface area contributed by atoms with Gasteiger partial charge in [0, 0.05) is 25.3 Å². The minimum absolute atomic E-state index is 0.116. The van der Waals surface area contributed by atoms with E-state index in [2.05, 4.69) is 41.4 Å². The Labute approximate surface area is 138 Å². The molecule has 0 bridgehead atoms. The normalized spacial score (nSPS) is 17.3. The molecule has 1 fully saturated rings. The van der Waals surface area contributed by atoms with Crippen LogP contribution < -0.4 is 10.2 Å². The van der Waals surface area contributed by atoms with Gasteiger partial charge in [0.2, 0.25) is 5.91 Å². The number of rotatable bonds is 5. The summed E-state index contributed by atoms with van der Waals surface area (Å²) in [5, 5.41) is 3.09. The second-order valence-corrected chi connectivity index (χ2v) is 6.40. The molecule has 0 aromatic heterocycles. The highest BCUT2D eigenvalue weighted by Crippen LogP contribution is 2.23. The van der Waals surface area contributed by atoms with Crippen molar-refractivity contribution in [1.82, 2.24) is 5.32 Å². The van der Waals surface area contributed by atoms with Crippen LogP contribution in [0, 0.1) is 12.8 Å². The Morgan fingerprint density at radius 2 is 1.87 bits per heavy atom. The molecule has 3 nitrogen and oxygen atoms in total. The number of benzene rings is 2. The minimum atomic E-state index is 0.116. The van der Waals surface area contributed by atoms with Crippen LogP contribution in [0.2, 0.25) is 0 Å². The molecule has 0 spiro atoms. The summed E-state index contributed by atoms with van der Waals surface area (Å²) in [6.45, 7) is 4.98. The van der Waals surface area contributed by atoms with Gasteiger partial charge < -0.3 is 10.2 Å². The molecule has 1 unspecified atom stereocenters. The van der Waals surface area contributed by atoms with Crippen molar-refractivity contribution >= 4 is 11.6 Å². The van der Waals surface area contributed by atoms with Gasteiger partial charge >= 0.3 is 0 Å². The maximum atomic E-state index is 12.0. The summed E-state index contributed by atoms with van der Waals surface area (Å²) >= 11 is 0. The van der Waals surface area contributed by atoms with E-state index in [1.165, 1.54) is 11.3 Å². The van der Waals surface area contributed by atoms with Gasteiger partial charge in [0.25, 0.3) is 0 Å². The predicted molar refractivity (Wildman–Crippen MR) is 94.7 cm³/mol. The number of amides is 1. The topological polar surface area (TPSA) is 32.3 Å². The monoisotopic (exact) mass is 308 g/mol. The van der Waals surface area contributed by atoms with Crippen molar-refractivity contribution in [3.63, 3.8) is 0 Å². The molecular formula is C20H24N2O. The lowest BCUT2D eigenvalue weighted by atomic mass is 10.1. The van der Waals surface area contributed by atoms with Crippen LogP contribution in [0.25, 0.3) is 0 Å². The van der Waals surface area contributed by atoms with E-state index >= 15 is 0 Å². The molecule has 0 aliphatic carbocycles. The first kappa shape index (κ1) is 15.6. The zero-order valence-electron chi connectivity index (χ0n) is 13.7. The Balaban J connectivity index is 1.45. The van der Waals surface area contributed by atoms with Crippen LogP contribution in [0.5, 0.6) is 0 Å². The minimum Gasteiger partial charge on any atom is -0.371 e. The van der Waals surface area contributed by atoms with Crippen LogP contribution in [0.15, 0.2) is 54.6 Å². The number of aryl methyl sites for hydroxylation is 1. The van der Waals surface area contributed by atoms with Crippen LogP contribution in [-0.4, -0.2) is 25.5 Å². The van der Waals surface area contributed by atoms with E-state index in [9.17, 15) is 4.79 Å². The maximum absolute atomic E-state index is 12.0. The zero-order valence-corrected chi connectivity index (χ0v) is 13.7. The molecule has 2 aromatic carbocycles. The van der Waals surface area contributed by atoms with Crippen molar-refractivity contribution in [1.29, 1.82) is 0 Å². The van der Waals surface area contributed by atoms with Gasteiger partial charge in [0.1, 0.15) is 0 Å². The van der Waals surface area contributed by atoms with Gasteiger partial charge in [-0.3, -0.25) is 4.79 Å². The van der Waals surface area contributed by atoms with Crippen LogP contribution in [0.1, 0.15) is 17.5 Å². The van der Waals surface area contributed by atoms with Gasteiger partial charge in [-0.2, -0.15) is 0 Å². The molecule has 1 atom stereocenters. The first-order valence-electron chi connectivity index (χ1n) is 8.33. The van der Waals surface area contributed by atoms with Gasteiger partial charge in [-0.05, 0) is 37.0 Å². The maximum Gasteiger partial charge on any atom is 0.224 e. The molecule has 1 amide bonds. The number of hydrogen-bond acceptors (Lipinski definition) is 2. The number of nitrogens with zero attached hydrogens (tertiary/aromatic N) is 1. The summed E-state index contributed by atoms with van der Waals surface area (Å²) in [6, 6.07) is 18.6. The fraction of sp³-hybridized carbons (Fsp3) is 0.350. The Hall–Kier alpha value is -2.29. The molecule has 0 saturated carbocycles. The van der Waals surface area contributed by atoms with E-state index in [1.54, 1.807) is 0 Å². The van der Waals surface area contributed by atoms with Crippen LogP contribution >= 0.6 is 0 Å². The Morgan fingerprint density at radius 1 is 1.13 bits per heavy atom. The quantitative estimate of drug-likeness (QED) is 0.920. The number of carbonyl (C=O) groups is 1. The van der Waals surface area contributed by atoms with Crippen molar-refractivity contribution in [3.8, 4) is 0 Å². The van der Waals surface area contributed by atoms with E-state index in [1.807, 2.05) is 30.3 Å². The molecule has 120 valence electrons. The number of carbonyl (C=O) groups excluding carboxylic acids is 1. The summed E-state index contributed by atoms with van der Waals surface area (Å²) in [7, 11) is 0. The Bertz CT molecular complexity index is 636. The van der Waals surface area contributed by atoms with E-state index in [4.69, 9.17) is 0 Å². The van der Waals surface area contributed by atoms with Crippen molar-refractivity contribution in [3.05, 3.63) is 65.7 Å². The molecule has 23 heavy (non-hydrogen) atoms. The lowest BCUT2D eigenvalue weighted by Gasteiger charge is -2.19. The molecule has 3 rings (SSSR count). The second-order valence-electron chi connectivity index (χ2n) is 6.40. The predicted octanol–water partition coefficient (Wildman–Crippen LogP) is 3.18. The van der Waals surface area contributed by atoms with E-state index in [0.717, 1.165) is 31.6 Å². The number of nitrogens with one attached hydrogen (secondary N) is 1. The Kier molecular flexibility index (Phi) is 4.96. The first-order chi connectivity index (χ1) is 11.2. The second kappa shape index (κ2) is 7.32. The highest BCUT2D eigenvalue weighted by Gasteiger charge is 2.22. The standard InChI is InChI=1S/C20H24N2O/c1-16-7-9-19(10-8-16)22-12-11-18(15-22)14-21-20(23)13-17-5-3-2-4-6-17/h2-10,18H,11-15H2,1H3,(H,21,23). The summed E-state index contributed by atoms with van der Waals surface area (Å²) in [5.41, 5.74) is 3.64. The number of anilines is 1. The van der Waals surface area contributed by atoms with Crippen molar-refractivity contribution in [2.75, 3.05) is 24.5 Å². The Morgan fingerprint density at radius 3 is 2.61 bits per heavy atom. The van der Waals surface area contributed by atoms with Crippen LogP contribution in [0.3, 0.4) is 0 Å². The smallest absolute Gasteiger partial charge is 0.224 e. The lowest BCUT2D eigenvalue weighted by molar-refractivity contribution is -0.120. The van der Waals surface area contributed by atoms with E-state index in [-0.39, 0.29) is 5.91 Å². The van der Waals surface area contributed by atoms with Gasteiger partial charge in [-0.25, -0.2) is 0 Å². The molecule has 3 heteroatoms. The molecule has 1 saturated heterocycles. The molecular weight excluding hydrogens is 284 g/mol. The molecule has 1 aliphatic rings. The van der Waals surface area contributed by atoms with Gasteiger partial charge in [-0.15, -0.1) is 0 Å². The van der Waals surface area contributed by atoms with Gasteiger partial charge in [0.15, 0.2) is 0 Å². The van der Waals surface area contributed by atoms with Crippen molar-refractivity contribution in [2.24, 2.45) is 5.92 Å².